The maximum Gasteiger partial charge on any atom is 0.130 e. The van der Waals surface area contributed by atoms with Gasteiger partial charge < -0.3 is 10.6 Å². The van der Waals surface area contributed by atoms with E-state index in [1.807, 2.05) is 31.9 Å². The maximum atomic E-state index is 8.39. The summed E-state index contributed by atoms with van der Waals surface area (Å²) < 4.78 is 0. The summed E-state index contributed by atoms with van der Waals surface area (Å²) in [5, 5.41) is 8.39. The average molecular weight is 139 g/mol. The second-order valence-electron chi connectivity index (χ2n) is 2.13. The molecule has 0 spiro atoms. The first-order chi connectivity index (χ1) is 4.63. The molecule has 10 heavy (non-hydrogen) atoms. The van der Waals surface area contributed by atoms with Crippen molar-refractivity contribution in [1.29, 1.82) is 5.26 Å². The van der Waals surface area contributed by atoms with Gasteiger partial charge in [0.1, 0.15) is 11.8 Å². The van der Waals surface area contributed by atoms with E-state index < -0.39 is 0 Å². The van der Waals surface area contributed by atoms with Crippen LogP contribution < -0.4 is 5.73 Å². The van der Waals surface area contributed by atoms with Crippen LogP contribution in [-0.4, -0.2) is 18.5 Å². The van der Waals surface area contributed by atoms with E-state index >= 15 is 0 Å². The molecule has 3 heteroatoms. The molecular weight excluding hydrogens is 126 g/mol. The highest BCUT2D eigenvalue weighted by molar-refractivity contribution is 5.21. The van der Waals surface area contributed by atoms with Gasteiger partial charge in [0, 0.05) is 19.3 Å². The standard InChI is InChI=1S/C7H13N3/c1-4-10(3)6(2)7(9)5-8/h4,9H2,1-3H3/b7-6-. The predicted molar refractivity (Wildman–Crippen MR) is 40.8 cm³/mol. The lowest BCUT2D eigenvalue weighted by molar-refractivity contribution is 0.439. The van der Waals surface area contributed by atoms with Gasteiger partial charge in [-0.3, -0.25) is 0 Å². The second kappa shape index (κ2) is 3.78. The van der Waals surface area contributed by atoms with E-state index in [4.69, 9.17) is 11.0 Å². The van der Waals surface area contributed by atoms with Crippen LogP contribution in [0.1, 0.15) is 13.8 Å². The van der Waals surface area contributed by atoms with Crippen LogP contribution in [0.3, 0.4) is 0 Å². The number of nitrogens with two attached hydrogens (primary N) is 1. The molecule has 0 unspecified atom stereocenters. The zero-order valence-corrected chi connectivity index (χ0v) is 6.68. The van der Waals surface area contributed by atoms with Gasteiger partial charge in [-0.1, -0.05) is 0 Å². The smallest absolute Gasteiger partial charge is 0.130 e. The third-order valence-corrected chi connectivity index (χ3v) is 1.56. The van der Waals surface area contributed by atoms with Crippen molar-refractivity contribution in [3.8, 4) is 6.07 Å². The molecule has 0 aromatic carbocycles. The van der Waals surface area contributed by atoms with Crippen molar-refractivity contribution in [2.24, 2.45) is 5.73 Å². The first kappa shape index (κ1) is 8.83. The minimum absolute atomic E-state index is 0.296. The zero-order chi connectivity index (χ0) is 8.15. The molecule has 56 valence electrons. The normalized spacial score (nSPS) is 11.8. The molecule has 0 saturated carbocycles. The molecule has 0 heterocycles. The molecule has 0 rings (SSSR count). The number of nitriles is 1. The van der Waals surface area contributed by atoms with Crippen molar-refractivity contribution in [1.82, 2.24) is 4.90 Å². The minimum atomic E-state index is 0.296. The Morgan fingerprint density at radius 1 is 1.70 bits per heavy atom. The van der Waals surface area contributed by atoms with E-state index in [1.165, 1.54) is 0 Å². The van der Waals surface area contributed by atoms with Gasteiger partial charge in [-0.05, 0) is 13.8 Å². The van der Waals surface area contributed by atoms with E-state index in [0.29, 0.717) is 5.70 Å². The van der Waals surface area contributed by atoms with E-state index in [0.717, 1.165) is 12.2 Å². The fourth-order valence-electron chi connectivity index (χ4n) is 0.524. The Labute approximate surface area is 61.7 Å². The minimum Gasteiger partial charge on any atom is -0.389 e. The molecular formula is C7H13N3. The molecule has 3 nitrogen and oxygen atoms in total. The quantitative estimate of drug-likeness (QED) is 0.571. The van der Waals surface area contributed by atoms with Gasteiger partial charge in [0.2, 0.25) is 0 Å². The Balaban J connectivity index is 4.34. The molecule has 0 bridgehead atoms. The first-order valence-electron chi connectivity index (χ1n) is 3.21. The van der Waals surface area contributed by atoms with Crippen molar-refractivity contribution < 1.29 is 0 Å². The zero-order valence-electron chi connectivity index (χ0n) is 6.68. The highest BCUT2D eigenvalue weighted by Crippen LogP contribution is 2.01. The summed E-state index contributed by atoms with van der Waals surface area (Å²) in [4.78, 5) is 1.93. The fourth-order valence-corrected chi connectivity index (χ4v) is 0.524. The van der Waals surface area contributed by atoms with Crippen LogP contribution >= 0.6 is 0 Å². The summed E-state index contributed by atoms with van der Waals surface area (Å²) >= 11 is 0. The SMILES string of the molecule is CCN(C)/C(C)=C(\N)C#N. The average Bonchev–Trinajstić information content (AvgIpc) is 2.00. The van der Waals surface area contributed by atoms with Crippen LogP contribution in [-0.2, 0) is 0 Å². The summed E-state index contributed by atoms with van der Waals surface area (Å²) in [7, 11) is 1.90. The molecule has 0 atom stereocenters. The maximum absolute atomic E-state index is 8.39. The summed E-state index contributed by atoms with van der Waals surface area (Å²) in [6.45, 7) is 4.71. The summed E-state index contributed by atoms with van der Waals surface area (Å²) in [6, 6.07) is 1.90. The Morgan fingerprint density at radius 3 is 2.50 bits per heavy atom. The third-order valence-electron chi connectivity index (χ3n) is 1.56. The molecule has 0 saturated heterocycles. The number of hydrogen-bond donors (Lipinski definition) is 1. The Kier molecular flexibility index (Phi) is 3.34. The molecule has 0 radical (unpaired) electrons. The number of hydrogen-bond acceptors (Lipinski definition) is 3. The molecule has 0 aliphatic heterocycles. The number of rotatable bonds is 2. The van der Waals surface area contributed by atoms with Crippen LogP contribution in [0.2, 0.25) is 0 Å². The van der Waals surface area contributed by atoms with Crippen LogP contribution in [0.15, 0.2) is 11.4 Å². The van der Waals surface area contributed by atoms with Crippen molar-refractivity contribution in [3.63, 3.8) is 0 Å². The van der Waals surface area contributed by atoms with Crippen LogP contribution in [0, 0.1) is 11.3 Å². The van der Waals surface area contributed by atoms with Crippen LogP contribution in [0.25, 0.3) is 0 Å². The summed E-state index contributed by atoms with van der Waals surface area (Å²) in [5.41, 5.74) is 6.50. The monoisotopic (exact) mass is 139 g/mol. The van der Waals surface area contributed by atoms with Crippen LogP contribution in [0.5, 0.6) is 0 Å². The van der Waals surface area contributed by atoms with E-state index in [1.54, 1.807) is 0 Å². The Morgan fingerprint density at radius 2 is 2.20 bits per heavy atom. The third kappa shape index (κ3) is 1.98. The van der Waals surface area contributed by atoms with Crippen molar-refractivity contribution in [2.45, 2.75) is 13.8 Å². The van der Waals surface area contributed by atoms with Gasteiger partial charge in [-0.25, -0.2) is 0 Å². The van der Waals surface area contributed by atoms with Crippen molar-refractivity contribution in [3.05, 3.63) is 11.4 Å². The lowest BCUT2D eigenvalue weighted by Gasteiger charge is -2.16. The van der Waals surface area contributed by atoms with Gasteiger partial charge in [-0.15, -0.1) is 0 Å². The van der Waals surface area contributed by atoms with Gasteiger partial charge >= 0.3 is 0 Å². The lowest BCUT2D eigenvalue weighted by atomic mass is 10.3. The summed E-state index contributed by atoms with van der Waals surface area (Å²) in [6.07, 6.45) is 0. The topological polar surface area (TPSA) is 53.0 Å². The molecule has 0 fully saturated rings. The Bertz CT molecular complexity index is 176. The molecule has 0 aliphatic carbocycles. The highest BCUT2D eigenvalue weighted by atomic mass is 15.1. The molecule has 2 N–H and O–H groups in total. The van der Waals surface area contributed by atoms with Crippen molar-refractivity contribution >= 4 is 0 Å². The molecule has 0 aromatic rings. The number of nitrogens with zero attached hydrogens (tertiary/aromatic N) is 2. The lowest BCUT2D eigenvalue weighted by Crippen LogP contribution is -2.18. The van der Waals surface area contributed by atoms with Gasteiger partial charge in [-0.2, -0.15) is 5.26 Å². The highest BCUT2D eigenvalue weighted by Gasteiger charge is 1.99. The first-order valence-corrected chi connectivity index (χ1v) is 3.21. The summed E-state index contributed by atoms with van der Waals surface area (Å²) in [5.74, 6) is 0. The van der Waals surface area contributed by atoms with Crippen LogP contribution in [0.4, 0.5) is 0 Å². The van der Waals surface area contributed by atoms with Crippen molar-refractivity contribution in [2.75, 3.05) is 13.6 Å². The molecule has 0 amide bonds. The number of allylic oxidation sites excluding steroid dienone is 2. The largest absolute Gasteiger partial charge is 0.389 e. The van der Waals surface area contributed by atoms with Gasteiger partial charge in [0.05, 0.1) is 0 Å². The Hall–Kier alpha value is -1.17. The fraction of sp³-hybridized carbons (Fsp3) is 0.571. The molecule has 0 aliphatic rings. The van der Waals surface area contributed by atoms with Gasteiger partial charge in [0.25, 0.3) is 0 Å². The second-order valence-corrected chi connectivity index (χ2v) is 2.13. The van der Waals surface area contributed by atoms with E-state index in [-0.39, 0.29) is 0 Å². The van der Waals surface area contributed by atoms with Gasteiger partial charge in [0.15, 0.2) is 0 Å². The molecule has 0 aromatic heterocycles. The van der Waals surface area contributed by atoms with E-state index in [9.17, 15) is 0 Å². The predicted octanol–water partition coefficient (Wildman–Crippen LogP) is 0.652. The van der Waals surface area contributed by atoms with E-state index in [2.05, 4.69) is 0 Å².